The minimum Gasteiger partial charge on any atom is -0.469 e. The van der Waals surface area contributed by atoms with E-state index in [4.69, 9.17) is 0 Å². The number of nitrogens with zero attached hydrogens (tertiary/aromatic N) is 1. The summed E-state index contributed by atoms with van der Waals surface area (Å²) in [5.74, 6) is -2.01. The first-order chi connectivity index (χ1) is 10.5. The predicted molar refractivity (Wildman–Crippen MR) is 73.6 cm³/mol. The van der Waals surface area contributed by atoms with Gasteiger partial charge in [-0.2, -0.15) is 0 Å². The zero-order valence-electron chi connectivity index (χ0n) is 12.0. The Morgan fingerprint density at radius 2 is 2.09 bits per heavy atom. The molecule has 0 saturated carbocycles. The molecule has 8 heteroatoms. The van der Waals surface area contributed by atoms with E-state index in [-0.39, 0.29) is 25.3 Å². The maximum Gasteiger partial charge on any atom is 0.336 e. The maximum atomic E-state index is 12.8. The third-order valence-electron chi connectivity index (χ3n) is 3.23. The molecule has 1 aromatic rings. The van der Waals surface area contributed by atoms with Crippen LogP contribution in [-0.2, 0) is 20.9 Å². The van der Waals surface area contributed by atoms with E-state index in [9.17, 15) is 18.8 Å². The molecule has 2 rings (SSSR count). The zero-order chi connectivity index (χ0) is 16.1. The molecule has 2 N–H and O–H groups in total. The van der Waals surface area contributed by atoms with Gasteiger partial charge in [0.2, 0.25) is 5.91 Å². The van der Waals surface area contributed by atoms with Gasteiger partial charge in [-0.3, -0.25) is 15.0 Å². The molecule has 0 bridgehead atoms. The van der Waals surface area contributed by atoms with Gasteiger partial charge in [-0.1, -0.05) is 12.1 Å². The summed E-state index contributed by atoms with van der Waals surface area (Å²) in [6.07, 6.45) is -0.0194. The minimum atomic E-state index is -0.685. The van der Waals surface area contributed by atoms with Gasteiger partial charge in [0.1, 0.15) is 5.82 Å². The number of carbonyl (C=O) groups is 3. The first-order valence-corrected chi connectivity index (χ1v) is 6.66. The van der Waals surface area contributed by atoms with Crippen LogP contribution >= 0.6 is 0 Å². The van der Waals surface area contributed by atoms with Gasteiger partial charge >= 0.3 is 12.0 Å². The average Bonchev–Trinajstić information content (AvgIpc) is 2.52. The summed E-state index contributed by atoms with van der Waals surface area (Å²) >= 11 is 0. The zero-order valence-corrected chi connectivity index (χ0v) is 12.0. The van der Waals surface area contributed by atoms with E-state index < -0.39 is 23.8 Å². The minimum absolute atomic E-state index is 0.0194. The van der Waals surface area contributed by atoms with E-state index in [1.165, 1.54) is 19.2 Å². The van der Waals surface area contributed by atoms with E-state index >= 15 is 0 Å². The summed E-state index contributed by atoms with van der Waals surface area (Å²) in [5.41, 5.74) is 3.10. The Morgan fingerprint density at radius 1 is 1.41 bits per heavy atom. The lowest BCUT2D eigenvalue weighted by atomic mass is 10.0. The Labute approximate surface area is 126 Å². The van der Waals surface area contributed by atoms with Gasteiger partial charge in [0.15, 0.2) is 0 Å². The van der Waals surface area contributed by atoms with Crippen molar-refractivity contribution in [1.29, 1.82) is 0 Å². The van der Waals surface area contributed by atoms with Crippen molar-refractivity contribution >= 4 is 17.9 Å². The van der Waals surface area contributed by atoms with Crippen LogP contribution in [0.5, 0.6) is 0 Å². The topological polar surface area (TPSA) is 87.7 Å². The lowest BCUT2D eigenvalue weighted by Gasteiger charge is -2.31. The number of hydrogen-bond acceptors (Lipinski definition) is 4. The Bertz CT molecular complexity index is 576. The van der Waals surface area contributed by atoms with Crippen LogP contribution in [0, 0.1) is 11.7 Å². The number of ether oxygens (including phenoxy) is 1. The number of benzene rings is 1. The van der Waals surface area contributed by atoms with Crippen molar-refractivity contribution in [2.75, 3.05) is 13.7 Å². The highest BCUT2D eigenvalue weighted by Crippen LogP contribution is 2.12. The molecule has 0 spiro atoms. The fourth-order valence-corrected chi connectivity index (χ4v) is 2.08. The summed E-state index contributed by atoms with van der Waals surface area (Å²) in [4.78, 5) is 35.0. The number of esters is 1. The number of nitrogens with one attached hydrogen (secondary N) is 2. The van der Waals surface area contributed by atoms with Crippen molar-refractivity contribution in [3.63, 3.8) is 0 Å². The fraction of sp³-hybridized carbons (Fsp3) is 0.357. The summed E-state index contributed by atoms with van der Waals surface area (Å²) < 4.78 is 17.4. The van der Waals surface area contributed by atoms with Crippen LogP contribution < -0.4 is 10.7 Å². The van der Waals surface area contributed by atoms with Gasteiger partial charge in [-0.15, -0.1) is 0 Å². The predicted octanol–water partition coefficient (Wildman–Crippen LogP) is 0.561. The third kappa shape index (κ3) is 3.94. The molecule has 1 heterocycles. The van der Waals surface area contributed by atoms with Crippen LogP contribution in [0.15, 0.2) is 24.3 Å². The third-order valence-corrected chi connectivity index (χ3v) is 3.23. The molecule has 1 aromatic carbocycles. The molecular weight excluding hydrogens is 293 g/mol. The molecule has 22 heavy (non-hydrogen) atoms. The summed E-state index contributed by atoms with van der Waals surface area (Å²) in [6.45, 7) is 0.210. The number of rotatable bonds is 3. The van der Waals surface area contributed by atoms with E-state index in [2.05, 4.69) is 15.5 Å². The number of amides is 3. The van der Waals surface area contributed by atoms with E-state index in [1.807, 2.05) is 0 Å². The van der Waals surface area contributed by atoms with Gasteiger partial charge in [0.25, 0.3) is 0 Å². The van der Waals surface area contributed by atoms with Gasteiger partial charge in [0.05, 0.1) is 19.6 Å². The van der Waals surface area contributed by atoms with Crippen LogP contribution in [-0.4, -0.2) is 36.6 Å². The number of hydrogen-bond donors (Lipinski definition) is 2. The van der Waals surface area contributed by atoms with Crippen LogP contribution in [0.1, 0.15) is 12.0 Å². The number of urea groups is 1. The molecule has 7 nitrogen and oxygen atoms in total. The van der Waals surface area contributed by atoms with Crippen molar-refractivity contribution in [2.24, 2.45) is 5.92 Å². The summed E-state index contributed by atoms with van der Waals surface area (Å²) in [6, 6.07) is 5.12. The molecule has 1 aliphatic heterocycles. The second-order valence-electron chi connectivity index (χ2n) is 4.85. The SMILES string of the molecule is COC(=O)C1CC(=O)NN(C(=O)NCc2ccc(F)cc2)C1. The van der Waals surface area contributed by atoms with E-state index in [0.29, 0.717) is 5.56 Å². The standard InChI is InChI=1S/C14H16FN3O4/c1-22-13(20)10-6-12(19)17-18(8-10)14(21)16-7-9-2-4-11(15)5-3-9/h2-5,10H,6-8H2,1H3,(H,16,21)(H,17,19). The highest BCUT2D eigenvalue weighted by Gasteiger charge is 2.33. The Kier molecular flexibility index (Phi) is 4.92. The van der Waals surface area contributed by atoms with Crippen molar-refractivity contribution in [1.82, 2.24) is 15.8 Å². The molecule has 1 saturated heterocycles. The maximum absolute atomic E-state index is 12.8. The smallest absolute Gasteiger partial charge is 0.336 e. The number of carbonyl (C=O) groups excluding carboxylic acids is 3. The second kappa shape index (κ2) is 6.88. The van der Waals surface area contributed by atoms with Crippen LogP contribution in [0.3, 0.4) is 0 Å². The second-order valence-corrected chi connectivity index (χ2v) is 4.85. The monoisotopic (exact) mass is 309 g/mol. The Balaban J connectivity index is 1.92. The van der Waals surface area contributed by atoms with Gasteiger partial charge in [-0.25, -0.2) is 14.2 Å². The van der Waals surface area contributed by atoms with E-state index in [1.54, 1.807) is 12.1 Å². The number of halogens is 1. The molecule has 1 unspecified atom stereocenters. The molecular formula is C14H16FN3O4. The van der Waals surface area contributed by atoms with Crippen molar-refractivity contribution in [3.05, 3.63) is 35.6 Å². The quantitative estimate of drug-likeness (QED) is 0.799. The summed E-state index contributed by atoms with van der Waals surface area (Å²) in [7, 11) is 1.23. The average molecular weight is 309 g/mol. The van der Waals surface area contributed by atoms with Crippen molar-refractivity contribution in [3.8, 4) is 0 Å². The number of methoxy groups -OCH3 is 1. The van der Waals surface area contributed by atoms with Crippen LogP contribution in [0.25, 0.3) is 0 Å². The number of hydrazine groups is 1. The van der Waals surface area contributed by atoms with Gasteiger partial charge in [-0.05, 0) is 17.7 Å². The van der Waals surface area contributed by atoms with Gasteiger partial charge < -0.3 is 10.1 Å². The fourth-order valence-electron chi connectivity index (χ4n) is 2.08. The normalized spacial score (nSPS) is 17.6. The molecule has 3 amide bonds. The highest BCUT2D eigenvalue weighted by molar-refractivity contribution is 5.87. The molecule has 1 atom stereocenters. The Hall–Kier alpha value is -2.64. The Morgan fingerprint density at radius 3 is 2.73 bits per heavy atom. The van der Waals surface area contributed by atoms with Crippen LogP contribution in [0.2, 0.25) is 0 Å². The summed E-state index contributed by atoms with van der Waals surface area (Å²) in [5, 5.41) is 3.62. The molecule has 0 aromatic heterocycles. The van der Waals surface area contributed by atoms with Crippen LogP contribution in [0.4, 0.5) is 9.18 Å². The molecule has 0 radical (unpaired) electrons. The lowest BCUT2D eigenvalue weighted by molar-refractivity contribution is -0.151. The first-order valence-electron chi connectivity index (χ1n) is 6.66. The largest absolute Gasteiger partial charge is 0.469 e. The first kappa shape index (κ1) is 15.7. The van der Waals surface area contributed by atoms with Crippen molar-refractivity contribution in [2.45, 2.75) is 13.0 Å². The van der Waals surface area contributed by atoms with E-state index in [0.717, 1.165) is 5.01 Å². The van der Waals surface area contributed by atoms with Gasteiger partial charge in [0, 0.05) is 13.0 Å². The highest BCUT2D eigenvalue weighted by atomic mass is 19.1. The molecule has 118 valence electrons. The van der Waals surface area contributed by atoms with Crippen molar-refractivity contribution < 1.29 is 23.5 Å². The molecule has 1 fully saturated rings. The molecule has 1 aliphatic rings. The lowest BCUT2D eigenvalue weighted by Crippen LogP contribution is -2.57. The molecule has 0 aliphatic carbocycles.